The third kappa shape index (κ3) is 3.22. The molecule has 0 bridgehead atoms. The van der Waals surface area contributed by atoms with Gasteiger partial charge >= 0.3 is 0 Å². The fraction of sp³-hybridized carbons (Fsp3) is 0.250. The average molecular weight is 381 g/mol. The Morgan fingerprint density at radius 1 is 1.24 bits per heavy atom. The topological polar surface area (TPSA) is 29.3 Å². The van der Waals surface area contributed by atoms with E-state index in [0.717, 1.165) is 11.0 Å². The number of halogens is 1. The fourth-order valence-electron chi connectivity index (χ4n) is 2.59. The maximum atomic E-state index is 6.07. The minimum absolute atomic E-state index is 0.252. The highest BCUT2D eigenvalue weighted by Crippen LogP contribution is 2.33. The van der Waals surface area contributed by atoms with Crippen molar-refractivity contribution >= 4 is 48.7 Å². The molecule has 2 N–H and O–H groups in total. The number of nitrogens with two attached hydrogens (primary N) is 1. The van der Waals surface area contributed by atoms with Gasteiger partial charge in [-0.1, -0.05) is 18.2 Å². The lowest BCUT2D eigenvalue weighted by Crippen LogP contribution is -2.29. The first-order valence-electron chi connectivity index (χ1n) is 6.78. The molecule has 1 unspecified atom stereocenters. The quantitative estimate of drug-likeness (QED) is 0.684. The Bertz CT molecular complexity index is 735. The molecule has 0 aliphatic heterocycles. The van der Waals surface area contributed by atoms with Gasteiger partial charge in [-0.15, -0.1) is 22.7 Å². The van der Waals surface area contributed by atoms with E-state index in [4.69, 9.17) is 5.73 Å². The van der Waals surface area contributed by atoms with E-state index in [1.165, 1.54) is 20.5 Å². The van der Waals surface area contributed by atoms with E-state index in [-0.39, 0.29) is 6.04 Å². The first kappa shape index (κ1) is 15.2. The zero-order valence-electron chi connectivity index (χ0n) is 11.8. The SMILES string of the molecule is CN(Cc1cc(Br)cs1)C(CN)c1csc2ccccc12. The van der Waals surface area contributed by atoms with Crippen LogP contribution in [0.15, 0.2) is 45.6 Å². The third-order valence-electron chi connectivity index (χ3n) is 3.65. The molecule has 2 aromatic heterocycles. The van der Waals surface area contributed by atoms with Gasteiger partial charge in [-0.2, -0.15) is 0 Å². The molecule has 21 heavy (non-hydrogen) atoms. The molecule has 3 rings (SSSR count). The molecule has 110 valence electrons. The smallest absolute Gasteiger partial charge is 0.0485 e. The van der Waals surface area contributed by atoms with Crippen molar-refractivity contribution in [1.82, 2.24) is 4.90 Å². The zero-order valence-corrected chi connectivity index (χ0v) is 15.0. The molecule has 5 heteroatoms. The van der Waals surface area contributed by atoms with E-state index in [9.17, 15) is 0 Å². The van der Waals surface area contributed by atoms with Crippen LogP contribution in [0.4, 0.5) is 0 Å². The number of thiophene rings is 2. The van der Waals surface area contributed by atoms with Crippen LogP contribution in [0.3, 0.4) is 0 Å². The highest BCUT2D eigenvalue weighted by molar-refractivity contribution is 9.10. The summed E-state index contributed by atoms with van der Waals surface area (Å²) in [5.74, 6) is 0. The Morgan fingerprint density at radius 2 is 2.05 bits per heavy atom. The van der Waals surface area contributed by atoms with Crippen molar-refractivity contribution in [2.75, 3.05) is 13.6 Å². The van der Waals surface area contributed by atoms with Gasteiger partial charge in [0, 0.05) is 38.6 Å². The van der Waals surface area contributed by atoms with Crippen molar-refractivity contribution in [2.45, 2.75) is 12.6 Å². The fourth-order valence-corrected chi connectivity index (χ4v) is 5.11. The summed E-state index contributed by atoms with van der Waals surface area (Å²) in [5.41, 5.74) is 7.42. The van der Waals surface area contributed by atoms with Crippen molar-refractivity contribution < 1.29 is 0 Å². The number of hydrogen-bond acceptors (Lipinski definition) is 4. The van der Waals surface area contributed by atoms with Gasteiger partial charge in [0.2, 0.25) is 0 Å². The molecule has 1 atom stereocenters. The summed E-state index contributed by atoms with van der Waals surface area (Å²) >= 11 is 7.09. The number of hydrogen-bond donors (Lipinski definition) is 1. The molecule has 0 aliphatic rings. The van der Waals surface area contributed by atoms with E-state index < -0.39 is 0 Å². The van der Waals surface area contributed by atoms with Gasteiger partial charge in [0.15, 0.2) is 0 Å². The maximum absolute atomic E-state index is 6.07. The van der Waals surface area contributed by atoms with Gasteiger partial charge in [0.1, 0.15) is 0 Å². The van der Waals surface area contributed by atoms with Crippen LogP contribution in [0, 0.1) is 0 Å². The summed E-state index contributed by atoms with van der Waals surface area (Å²) < 4.78 is 2.49. The number of nitrogens with zero attached hydrogens (tertiary/aromatic N) is 1. The van der Waals surface area contributed by atoms with Crippen LogP contribution >= 0.6 is 38.6 Å². The average Bonchev–Trinajstić information content (AvgIpc) is 3.07. The number of benzene rings is 1. The van der Waals surface area contributed by atoms with E-state index >= 15 is 0 Å². The lowest BCUT2D eigenvalue weighted by atomic mass is 10.0. The van der Waals surface area contributed by atoms with Gasteiger partial charge in [0.05, 0.1) is 0 Å². The van der Waals surface area contributed by atoms with E-state index in [2.05, 4.69) is 69.0 Å². The Hall–Kier alpha value is -0.720. The molecule has 0 amide bonds. The lowest BCUT2D eigenvalue weighted by Gasteiger charge is -2.26. The second-order valence-corrected chi connectivity index (χ2v) is 7.91. The van der Waals surface area contributed by atoms with Crippen molar-refractivity contribution in [3.63, 3.8) is 0 Å². The summed E-state index contributed by atoms with van der Waals surface area (Å²) in [7, 11) is 2.15. The molecule has 0 fully saturated rings. The highest BCUT2D eigenvalue weighted by Gasteiger charge is 2.19. The van der Waals surface area contributed by atoms with E-state index in [1.54, 1.807) is 22.7 Å². The largest absolute Gasteiger partial charge is 0.329 e. The third-order valence-corrected chi connectivity index (χ3v) is 6.32. The molecule has 0 radical (unpaired) electrons. The van der Waals surface area contributed by atoms with Gasteiger partial charge in [-0.3, -0.25) is 4.90 Å². The van der Waals surface area contributed by atoms with Crippen molar-refractivity contribution in [3.05, 3.63) is 56.0 Å². The number of rotatable bonds is 5. The Morgan fingerprint density at radius 3 is 2.76 bits per heavy atom. The zero-order chi connectivity index (χ0) is 14.8. The molecule has 0 aliphatic carbocycles. The van der Waals surface area contributed by atoms with Crippen LogP contribution in [-0.2, 0) is 6.54 Å². The normalized spacial score (nSPS) is 13.1. The molecule has 2 nitrogen and oxygen atoms in total. The summed E-state index contributed by atoms with van der Waals surface area (Å²) in [5, 5.41) is 5.71. The highest BCUT2D eigenvalue weighted by atomic mass is 79.9. The van der Waals surface area contributed by atoms with Crippen molar-refractivity contribution in [1.29, 1.82) is 0 Å². The summed E-state index contributed by atoms with van der Waals surface area (Å²) in [6, 6.07) is 11.0. The summed E-state index contributed by atoms with van der Waals surface area (Å²) in [6.07, 6.45) is 0. The van der Waals surface area contributed by atoms with Gasteiger partial charge in [0.25, 0.3) is 0 Å². The molecular weight excluding hydrogens is 364 g/mol. The lowest BCUT2D eigenvalue weighted by molar-refractivity contribution is 0.245. The van der Waals surface area contributed by atoms with Gasteiger partial charge in [-0.25, -0.2) is 0 Å². The minimum Gasteiger partial charge on any atom is -0.329 e. The number of likely N-dealkylation sites (N-methyl/N-ethyl adjacent to an activating group) is 1. The molecular formula is C16H17BrN2S2. The molecule has 3 aromatic rings. The van der Waals surface area contributed by atoms with E-state index in [0.29, 0.717) is 6.54 Å². The standard InChI is InChI=1S/C16H17BrN2S2/c1-19(8-12-6-11(17)9-20-12)15(7-18)14-10-21-16-5-3-2-4-13(14)16/h2-6,9-10,15H,7-8,18H2,1H3. The van der Waals surface area contributed by atoms with Crippen molar-refractivity contribution in [2.24, 2.45) is 5.73 Å². The van der Waals surface area contributed by atoms with Crippen LogP contribution < -0.4 is 5.73 Å². The summed E-state index contributed by atoms with van der Waals surface area (Å²) in [4.78, 5) is 3.69. The maximum Gasteiger partial charge on any atom is 0.0485 e. The van der Waals surface area contributed by atoms with Crippen LogP contribution in [0.5, 0.6) is 0 Å². The van der Waals surface area contributed by atoms with Crippen LogP contribution in [-0.4, -0.2) is 18.5 Å². The summed E-state index contributed by atoms with van der Waals surface area (Å²) in [6.45, 7) is 1.55. The van der Waals surface area contributed by atoms with Gasteiger partial charge in [-0.05, 0) is 51.4 Å². The van der Waals surface area contributed by atoms with Gasteiger partial charge < -0.3 is 5.73 Å². The van der Waals surface area contributed by atoms with E-state index in [1.807, 2.05) is 0 Å². The van der Waals surface area contributed by atoms with Crippen molar-refractivity contribution in [3.8, 4) is 0 Å². The monoisotopic (exact) mass is 380 g/mol. The molecule has 0 spiro atoms. The molecule has 0 saturated carbocycles. The predicted molar refractivity (Wildman–Crippen MR) is 97.1 cm³/mol. The number of fused-ring (bicyclic) bond motifs is 1. The Balaban J connectivity index is 1.87. The molecule has 0 saturated heterocycles. The predicted octanol–water partition coefficient (Wildman–Crippen LogP) is 4.86. The first-order chi connectivity index (χ1) is 10.2. The minimum atomic E-state index is 0.252. The van der Waals surface area contributed by atoms with Crippen LogP contribution in [0.25, 0.3) is 10.1 Å². The second-order valence-electron chi connectivity index (χ2n) is 5.09. The Labute approximate surface area is 141 Å². The molecule has 2 heterocycles. The molecule has 1 aromatic carbocycles. The van der Waals surface area contributed by atoms with Crippen LogP contribution in [0.1, 0.15) is 16.5 Å². The second kappa shape index (κ2) is 6.58. The Kier molecular flexibility index (Phi) is 4.76. The first-order valence-corrected chi connectivity index (χ1v) is 9.33. The van der Waals surface area contributed by atoms with Crippen LogP contribution in [0.2, 0.25) is 0 Å².